The van der Waals surface area contributed by atoms with Crippen molar-refractivity contribution in [3.05, 3.63) is 34.6 Å². The summed E-state index contributed by atoms with van der Waals surface area (Å²) in [5, 5.41) is 0.231. The quantitative estimate of drug-likeness (QED) is 0.838. The Morgan fingerprint density at radius 3 is 2.57 bits per heavy atom. The zero-order valence-corrected chi connectivity index (χ0v) is 7.99. The molecule has 0 fully saturated rings. The van der Waals surface area contributed by atoms with Crippen molar-refractivity contribution in [3.8, 4) is 0 Å². The minimum Gasteiger partial charge on any atom is -0.325 e. The Labute approximate surface area is 84.7 Å². The number of alkyl halides is 2. The molecule has 0 heterocycles. The summed E-state index contributed by atoms with van der Waals surface area (Å²) in [7, 11) is 0. The van der Waals surface area contributed by atoms with E-state index in [2.05, 4.69) is 0 Å². The Kier molecular flexibility index (Phi) is 3.39. The van der Waals surface area contributed by atoms with Crippen LogP contribution in [0.25, 0.3) is 0 Å². The fourth-order valence-corrected chi connectivity index (χ4v) is 1.22. The second-order valence-corrected chi connectivity index (χ2v) is 3.41. The van der Waals surface area contributed by atoms with Crippen molar-refractivity contribution in [2.45, 2.75) is 12.3 Å². The summed E-state index contributed by atoms with van der Waals surface area (Å²) in [4.78, 5) is 0. The number of hydrogen-bond acceptors (Lipinski definition) is 1. The van der Waals surface area contributed by atoms with Gasteiger partial charge in [0.1, 0.15) is 5.82 Å². The largest absolute Gasteiger partial charge is 0.325 e. The standard InChI is InChI=1S/C9H9ClF3N/c10-7-1-2-8(11)6(3-7)4-9(12,13)5-14/h1-3H,4-5,14H2. The van der Waals surface area contributed by atoms with Crippen LogP contribution in [0.1, 0.15) is 5.56 Å². The van der Waals surface area contributed by atoms with Crippen molar-refractivity contribution in [2.75, 3.05) is 6.54 Å². The maximum atomic E-state index is 13.0. The summed E-state index contributed by atoms with van der Waals surface area (Å²) in [5.41, 5.74) is 4.72. The van der Waals surface area contributed by atoms with E-state index in [1.54, 1.807) is 0 Å². The molecule has 1 rings (SSSR count). The topological polar surface area (TPSA) is 26.0 Å². The predicted molar refractivity (Wildman–Crippen MR) is 49.1 cm³/mol. The van der Waals surface area contributed by atoms with Crippen molar-refractivity contribution >= 4 is 11.6 Å². The van der Waals surface area contributed by atoms with Gasteiger partial charge in [-0.05, 0) is 23.8 Å². The minimum atomic E-state index is -3.09. The molecule has 0 bridgehead atoms. The highest BCUT2D eigenvalue weighted by molar-refractivity contribution is 6.30. The van der Waals surface area contributed by atoms with Gasteiger partial charge in [0, 0.05) is 11.4 Å². The third-order valence-electron chi connectivity index (χ3n) is 1.76. The maximum absolute atomic E-state index is 13.0. The van der Waals surface area contributed by atoms with E-state index in [1.165, 1.54) is 12.1 Å². The molecule has 0 unspecified atom stereocenters. The predicted octanol–water partition coefficient (Wildman–Crippen LogP) is 2.62. The summed E-state index contributed by atoms with van der Waals surface area (Å²) >= 11 is 5.55. The van der Waals surface area contributed by atoms with Crippen molar-refractivity contribution in [3.63, 3.8) is 0 Å². The average molecular weight is 224 g/mol. The lowest BCUT2D eigenvalue weighted by molar-refractivity contribution is 0.0107. The fourth-order valence-electron chi connectivity index (χ4n) is 1.03. The lowest BCUT2D eigenvalue weighted by atomic mass is 10.1. The second-order valence-electron chi connectivity index (χ2n) is 2.97. The highest BCUT2D eigenvalue weighted by atomic mass is 35.5. The summed E-state index contributed by atoms with van der Waals surface area (Å²) in [6, 6.07) is 3.55. The number of hydrogen-bond donors (Lipinski definition) is 1. The first kappa shape index (κ1) is 11.3. The second kappa shape index (κ2) is 4.19. The van der Waals surface area contributed by atoms with Gasteiger partial charge in [0.2, 0.25) is 0 Å². The van der Waals surface area contributed by atoms with Gasteiger partial charge in [-0.2, -0.15) is 0 Å². The van der Waals surface area contributed by atoms with Gasteiger partial charge in [0.25, 0.3) is 5.92 Å². The van der Waals surface area contributed by atoms with E-state index in [9.17, 15) is 13.2 Å². The van der Waals surface area contributed by atoms with Crippen LogP contribution in [0.3, 0.4) is 0 Å². The molecule has 5 heteroatoms. The Hall–Kier alpha value is -0.740. The molecule has 1 nitrogen and oxygen atoms in total. The van der Waals surface area contributed by atoms with E-state index in [0.717, 1.165) is 6.07 Å². The highest BCUT2D eigenvalue weighted by Crippen LogP contribution is 2.23. The number of nitrogens with two attached hydrogens (primary N) is 1. The minimum absolute atomic E-state index is 0.118. The van der Waals surface area contributed by atoms with Crippen molar-refractivity contribution in [2.24, 2.45) is 5.73 Å². The Bertz CT molecular complexity index is 328. The van der Waals surface area contributed by atoms with Gasteiger partial charge in [0.15, 0.2) is 0 Å². The van der Waals surface area contributed by atoms with Crippen molar-refractivity contribution in [1.82, 2.24) is 0 Å². The maximum Gasteiger partial charge on any atom is 0.264 e. The molecule has 1 aromatic carbocycles. The molecule has 0 aromatic heterocycles. The molecule has 0 spiro atoms. The van der Waals surface area contributed by atoms with E-state index in [0.29, 0.717) is 0 Å². The summed E-state index contributed by atoms with van der Waals surface area (Å²) in [5.74, 6) is -3.78. The zero-order chi connectivity index (χ0) is 10.8. The van der Waals surface area contributed by atoms with E-state index >= 15 is 0 Å². The van der Waals surface area contributed by atoms with E-state index in [4.69, 9.17) is 17.3 Å². The Balaban J connectivity index is 2.91. The molecule has 0 saturated carbocycles. The molecule has 0 radical (unpaired) electrons. The summed E-state index contributed by atoms with van der Waals surface area (Å²) < 4.78 is 38.6. The third kappa shape index (κ3) is 2.89. The lowest BCUT2D eigenvalue weighted by Crippen LogP contribution is -2.30. The third-order valence-corrected chi connectivity index (χ3v) is 1.99. The van der Waals surface area contributed by atoms with Crippen LogP contribution in [0.4, 0.5) is 13.2 Å². The number of halogens is 4. The van der Waals surface area contributed by atoms with Crippen LogP contribution in [0, 0.1) is 5.82 Å². The first-order valence-corrected chi connectivity index (χ1v) is 4.34. The Morgan fingerprint density at radius 2 is 2.00 bits per heavy atom. The van der Waals surface area contributed by atoms with E-state index < -0.39 is 24.7 Å². The molecule has 78 valence electrons. The van der Waals surface area contributed by atoms with Gasteiger partial charge in [-0.25, -0.2) is 13.2 Å². The molecule has 0 amide bonds. The first-order valence-electron chi connectivity index (χ1n) is 3.96. The van der Waals surface area contributed by atoms with Crippen LogP contribution in [-0.4, -0.2) is 12.5 Å². The number of rotatable bonds is 3. The van der Waals surface area contributed by atoms with E-state index in [-0.39, 0.29) is 10.6 Å². The van der Waals surface area contributed by atoms with Crippen LogP contribution in [0.5, 0.6) is 0 Å². The smallest absolute Gasteiger partial charge is 0.264 e. The molecule has 0 aliphatic heterocycles. The normalized spacial score (nSPS) is 11.8. The van der Waals surface area contributed by atoms with Crippen LogP contribution in [0.15, 0.2) is 18.2 Å². The summed E-state index contributed by atoms with van der Waals surface area (Å²) in [6.45, 7) is -0.807. The van der Waals surface area contributed by atoms with Gasteiger partial charge < -0.3 is 5.73 Å². The summed E-state index contributed by atoms with van der Waals surface area (Å²) in [6.07, 6.45) is -0.726. The fraction of sp³-hybridized carbons (Fsp3) is 0.333. The molecule has 0 atom stereocenters. The van der Waals surface area contributed by atoms with Crippen LogP contribution >= 0.6 is 11.6 Å². The van der Waals surface area contributed by atoms with Crippen molar-refractivity contribution < 1.29 is 13.2 Å². The lowest BCUT2D eigenvalue weighted by Gasteiger charge is -2.14. The first-order chi connectivity index (χ1) is 6.44. The molecule has 0 aliphatic carbocycles. The molecule has 0 saturated heterocycles. The molecule has 1 aromatic rings. The Morgan fingerprint density at radius 1 is 1.36 bits per heavy atom. The monoisotopic (exact) mass is 223 g/mol. The van der Waals surface area contributed by atoms with Crippen LogP contribution in [-0.2, 0) is 6.42 Å². The molecular formula is C9H9ClF3N. The van der Waals surface area contributed by atoms with Gasteiger partial charge in [-0.1, -0.05) is 11.6 Å². The van der Waals surface area contributed by atoms with Gasteiger partial charge in [-0.15, -0.1) is 0 Å². The number of benzene rings is 1. The molecule has 0 aliphatic rings. The SMILES string of the molecule is NCC(F)(F)Cc1cc(Cl)ccc1F. The van der Waals surface area contributed by atoms with Crippen molar-refractivity contribution in [1.29, 1.82) is 0 Å². The van der Waals surface area contributed by atoms with Gasteiger partial charge >= 0.3 is 0 Å². The average Bonchev–Trinajstić information content (AvgIpc) is 2.11. The molecule has 14 heavy (non-hydrogen) atoms. The van der Waals surface area contributed by atoms with Crippen LogP contribution in [0.2, 0.25) is 5.02 Å². The van der Waals surface area contributed by atoms with Gasteiger partial charge in [-0.3, -0.25) is 0 Å². The van der Waals surface area contributed by atoms with Gasteiger partial charge in [0.05, 0.1) is 6.54 Å². The van der Waals surface area contributed by atoms with E-state index in [1.807, 2.05) is 0 Å². The molecular weight excluding hydrogens is 215 g/mol. The highest BCUT2D eigenvalue weighted by Gasteiger charge is 2.28. The molecule has 2 N–H and O–H groups in total. The zero-order valence-electron chi connectivity index (χ0n) is 7.24. The van der Waals surface area contributed by atoms with Crippen LogP contribution < -0.4 is 5.73 Å².